The van der Waals surface area contributed by atoms with Crippen LogP contribution in [0.4, 0.5) is 0 Å². The van der Waals surface area contributed by atoms with Crippen molar-refractivity contribution in [3.8, 4) is 6.07 Å². The number of nitrogens with zero attached hydrogens (tertiary/aromatic N) is 3. The number of hydrogen-bond donors (Lipinski definition) is 0. The van der Waals surface area contributed by atoms with Crippen LogP contribution >= 0.6 is 22.9 Å². The van der Waals surface area contributed by atoms with Crippen LogP contribution in [0.15, 0.2) is 16.3 Å². The molecule has 1 atom stereocenters. The second kappa shape index (κ2) is 5.77. The molecule has 0 saturated carbocycles. The Balaban J connectivity index is 2.08. The Morgan fingerprint density at radius 2 is 2.00 bits per heavy atom. The van der Waals surface area contributed by atoms with E-state index in [0.29, 0.717) is 30.5 Å². The Hall–Kier alpha value is -0.650. The Morgan fingerprint density at radius 3 is 2.47 bits per heavy atom. The lowest BCUT2D eigenvalue weighted by atomic mass is 10.2. The average Bonchev–Trinajstić information content (AvgIpc) is 2.85. The molecule has 0 amide bonds. The molecule has 1 saturated heterocycles. The van der Waals surface area contributed by atoms with Crippen molar-refractivity contribution in [3.05, 3.63) is 16.5 Å². The summed E-state index contributed by atoms with van der Waals surface area (Å²) in [7, 11) is -3.44. The van der Waals surface area contributed by atoms with E-state index in [1.165, 1.54) is 10.4 Å². The standard InChI is InChI=1S/C11H14ClN3O2S2/c1-9(8-13)14-4-6-15(7-5-14)19(16,17)11-3-2-10(12)18-11/h2-3,9H,4-7H2,1H3/t9-/m0/s1. The van der Waals surface area contributed by atoms with Gasteiger partial charge >= 0.3 is 0 Å². The number of thiophene rings is 1. The molecule has 1 aliphatic rings. The number of piperazine rings is 1. The molecule has 1 fully saturated rings. The first kappa shape index (κ1) is 14.8. The van der Waals surface area contributed by atoms with Crippen LogP contribution in [0.3, 0.4) is 0 Å². The maximum absolute atomic E-state index is 12.3. The molecule has 0 unspecified atom stereocenters. The first-order valence-electron chi connectivity index (χ1n) is 5.84. The SMILES string of the molecule is C[C@@H](C#N)N1CCN(S(=O)(=O)c2ccc(Cl)s2)CC1. The predicted molar refractivity (Wildman–Crippen MR) is 74.7 cm³/mol. The maximum Gasteiger partial charge on any atom is 0.252 e. The van der Waals surface area contributed by atoms with Gasteiger partial charge in [-0.3, -0.25) is 4.90 Å². The molecule has 104 valence electrons. The fourth-order valence-corrected chi connectivity index (χ4v) is 5.04. The maximum atomic E-state index is 12.3. The highest BCUT2D eigenvalue weighted by atomic mass is 35.5. The molecule has 19 heavy (non-hydrogen) atoms. The third-order valence-electron chi connectivity index (χ3n) is 3.15. The normalized spacial score (nSPS) is 20.1. The van der Waals surface area contributed by atoms with Gasteiger partial charge in [-0.15, -0.1) is 11.3 Å². The molecule has 2 rings (SSSR count). The van der Waals surface area contributed by atoms with Crippen LogP contribution in [0.25, 0.3) is 0 Å². The Bertz CT molecular complexity index is 585. The third kappa shape index (κ3) is 3.09. The summed E-state index contributed by atoms with van der Waals surface area (Å²) in [5.74, 6) is 0. The van der Waals surface area contributed by atoms with E-state index >= 15 is 0 Å². The van der Waals surface area contributed by atoms with E-state index in [1.54, 1.807) is 6.07 Å². The number of sulfonamides is 1. The highest BCUT2D eigenvalue weighted by Gasteiger charge is 2.30. The van der Waals surface area contributed by atoms with Gasteiger partial charge in [-0.2, -0.15) is 9.57 Å². The van der Waals surface area contributed by atoms with Gasteiger partial charge in [0.1, 0.15) is 4.21 Å². The van der Waals surface area contributed by atoms with Crippen molar-refractivity contribution >= 4 is 33.0 Å². The quantitative estimate of drug-likeness (QED) is 0.849. The second-order valence-electron chi connectivity index (χ2n) is 4.30. The summed E-state index contributed by atoms with van der Waals surface area (Å²) in [6.45, 7) is 3.79. The number of halogens is 1. The fraction of sp³-hybridized carbons (Fsp3) is 0.545. The molecule has 1 aliphatic heterocycles. The van der Waals surface area contributed by atoms with Gasteiger partial charge in [-0.1, -0.05) is 11.6 Å². The lowest BCUT2D eigenvalue weighted by Gasteiger charge is -2.34. The van der Waals surface area contributed by atoms with E-state index in [4.69, 9.17) is 16.9 Å². The minimum atomic E-state index is -3.44. The number of nitriles is 1. The zero-order valence-electron chi connectivity index (χ0n) is 10.4. The van der Waals surface area contributed by atoms with Crippen LogP contribution in [0, 0.1) is 11.3 Å². The van der Waals surface area contributed by atoms with Crippen LogP contribution in [0.5, 0.6) is 0 Å². The molecule has 1 aromatic rings. The molecular weight excluding hydrogens is 306 g/mol. The van der Waals surface area contributed by atoms with E-state index in [9.17, 15) is 8.42 Å². The van der Waals surface area contributed by atoms with Crippen molar-refractivity contribution in [1.29, 1.82) is 5.26 Å². The van der Waals surface area contributed by atoms with Gasteiger partial charge in [0.2, 0.25) is 0 Å². The average molecular weight is 320 g/mol. The van der Waals surface area contributed by atoms with E-state index < -0.39 is 10.0 Å². The zero-order chi connectivity index (χ0) is 14.0. The zero-order valence-corrected chi connectivity index (χ0v) is 12.8. The summed E-state index contributed by atoms with van der Waals surface area (Å²) in [5, 5.41) is 8.86. The Morgan fingerprint density at radius 1 is 1.37 bits per heavy atom. The second-order valence-corrected chi connectivity index (χ2v) is 8.18. The van der Waals surface area contributed by atoms with Crippen molar-refractivity contribution in [2.75, 3.05) is 26.2 Å². The summed E-state index contributed by atoms with van der Waals surface area (Å²) < 4.78 is 26.9. The molecular formula is C11H14ClN3O2S2. The highest BCUT2D eigenvalue weighted by molar-refractivity contribution is 7.91. The number of rotatable bonds is 3. The first-order valence-corrected chi connectivity index (χ1v) is 8.48. The largest absolute Gasteiger partial charge is 0.286 e. The van der Waals surface area contributed by atoms with Gasteiger partial charge in [-0.25, -0.2) is 8.42 Å². The first-order chi connectivity index (χ1) is 8.95. The minimum absolute atomic E-state index is 0.180. The topological polar surface area (TPSA) is 64.4 Å². The molecule has 0 bridgehead atoms. The molecule has 0 radical (unpaired) electrons. The summed E-state index contributed by atoms with van der Waals surface area (Å²) in [5.41, 5.74) is 0. The summed E-state index contributed by atoms with van der Waals surface area (Å²) in [6.07, 6.45) is 0. The monoisotopic (exact) mass is 319 g/mol. The van der Waals surface area contributed by atoms with Gasteiger partial charge in [-0.05, 0) is 19.1 Å². The smallest absolute Gasteiger partial charge is 0.252 e. The van der Waals surface area contributed by atoms with Crippen molar-refractivity contribution in [3.63, 3.8) is 0 Å². The van der Waals surface area contributed by atoms with Gasteiger partial charge in [0, 0.05) is 26.2 Å². The summed E-state index contributed by atoms with van der Waals surface area (Å²) in [4.78, 5) is 1.98. The highest BCUT2D eigenvalue weighted by Crippen LogP contribution is 2.28. The minimum Gasteiger partial charge on any atom is -0.286 e. The molecule has 0 spiro atoms. The van der Waals surface area contributed by atoms with Gasteiger partial charge in [0.25, 0.3) is 10.0 Å². The van der Waals surface area contributed by atoms with E-state index in [2.05, 4.69) is 6.07 Å². The summed E-state index contributed by atoms with van der Waals surface area (Å²) in [6, 6.07) is 5.11. The Kier molecular flexibility index (Phi) is 4.48. The summed E-state index contributed by atoms with van der Waals surface area (Å²) >= 11 is 6.85. The van der Waals surface area contributed by atoms with E-state index in [-0.39, 0.29) is 10.3 Å². The van der Waals surface area contributed by atoms with Crippen LogP contribution in [0.2, 0.25) is 4.34 Å². The number of hydrogen-bond acceptors (Lipinski definition) is 5. The van der Waals surface area contributed by atoms with Gasteiger partial charge in [0.15, 0.2) is 0 Å². The Labute approximate surface area is 122 Å². The van der Waals surface area contributed by atoms with Crippen LogP contribution in [0.1, 0.15) is 6.92 Å². The van der Waals surface area contributed by atoms with Crippen LogP contribution < -0.4 is 0 Å². The third-order valence-corrected chi connectivity index (χ3v) is 6.75. The van der Waals surface area contributed by atoms with Crippen molar-refractivity contribution in [1.82, 2.24) is 9.21 Å². The molecule has 2 heterocycles. The fourth-order valence-electron chi connectivity index (χ4n) is 1.98. The van der Waals surface area contributed by atoms with Gasteiger partial charge < -0.3 is 0 Å². The lowest BCUT2D eigenvalue weighted by Crippen LogP contribution is -2.50. The van der Waals surface area contributed by atoms with Crippen molar-refractivity contribution < 1.29 is 8.42 Å². The molecule has 5 nitrogen and oxygen atoms in total. The molecule has 0 N–H and O–H groups in total. The van der Waals surface area contributed by atoms with Gasteiger partial charge in [0.05, 0.1) is 16.4 Å². The molecule has 1 aromatic heterocycles. The lowest BCUT2D eigenvalue weighted by molar-refractivity contribution is 0.170. The molecule has 8 heteroatoms. The predicted octanol–water partition coefficient (Wildman–Crippen LogP) is 1.62. The van der Waals surface area contributed by atoms with Crippen molar-refractivity contribution in [2.24, 2.45) is 0 Å². The van der Waals surface area contributed by atoms with E-state index in [1.807, 2.05) is 11.8 Å². The van der Waals surface area contributed by atoms with E-state index in [0.717, 1.165) is 11.3 Å². The molecule has 0 aliphatic carbocycles. The van der Waals surface area contributed by atoms with Crippen LogP contribution in [-0.4, -0.2) is 49.8 Å². The van der Waals surface area contributed by atoms with Crippen LogP contribution in [-0.2, 0) is 10.0 Å². The van der Waals surface area contributed by atoms with Crippen molar-refractivity contribution in [2.45, 2.75) is 17.2 Å². The molecule has 0 aromatic carbocycles.